The SMILES string of the molecule is CO[Si](C)(C)C.C[SiH]=O. The maximum atomic E-state index is 9.01. The molecule has 0 spiro atoms. The number of rotatable bonds is 1. The molecule has 0 saturated carbocycles. The minimum atomic E-state index is -1.13. The van der Waals surface area contributed by atoms with Crippen LogP contribution in [-0.2, 0) is 8.89 Å². The molecule has 0 unspecified atom stereocenters. The topological polar surface area (TPSA) is 26.3 Å². The van der Waals surface area contributed by atoms with Crippen LogP contribution < -0.4 is 0 Å². The van der Waals surface area contributed by atoms with Crippen LogP contribution in [0.25, 0.3) is 0 Å². The van der Waals surface area contributed by atoms with Crippen LogP contribution in [0.1, 0.15) is 0 Å². The minimum Gasteiger partial charge on any atom is -0.421 e. The molecule has 0 bridgehead atoms. The zero-order valence-corrected chi connectivity index (χ0v) is 9.05. The number of hydrogen-bond donors (Lipinski definition) is 0. The second-order valence-electron chi connectivity index (χ2n) is 2.55. The first-order valence-electron chi connectivity index (χ1n) is 2.93. The van der Waals surface area contributed by atoms with Crippen LogP contribution in [0.3, 0.4) is 0 Å². The summed E-state index contributed by atoms with van der Waals surface area (Å²) in [6.45, 7) is 8.13. The fourth-order valence-corrected chi connectivity index (χ4v) is 0. The summed E-state index contributed by atoms with van der Waals surface area (Å²) in [5, 5.41) is 0. The molecule has 0 saturated heterocycles. The van der Waals surface area contributed by atoms with Gasteiger partial charge in [0.1, 0.15) is 0 Å². The Morgan fingerprint density at radius 1 is 1.33 bits per heavy atom. The van der Waals surface area contributed by atoms with Gasteiger partial charge in [-0.2, -0.15) is 0 Å². The van der Waals surface area contributed by atoms with Crippen LogP contribution in [0.4, 0.5) is 0 Å². The highest BCUT2D eigenvalue weighted by molar-refractivity contribution is 6.69. The third kappa shape index (κ3) is 30.8. The van der Waals surface area contributed by atoms with Crippen molar-refractivity contribution >= 4 is 17.7 Å². The van der Waals surface area contributed by atoms with Gasteiger partial charge in [0.2, 0.25) is 0 Å². The van der Waals surface area contributed by atoms with Crippen molar-refractivity contribution in [3.05, 3.63) is 0 Å². The Kier molecular flexibility index (Phi) is 8.37. The smallest absolute Gasteiger partial charge is 0.257 e. The third-order valence-electron chi connectivity index (χ3n) is 0.612. The lowest BCUT2D eigenvalue weighted by Crippen LogP contribution is -2.22. The lowest BCUT2D eigenvalue weighted by Gasteiger charge is -2.10. The van der Waals surface area contributed by atoms with Crippen molar-refractivity contribution in [1.29, 1.82) is 0 Å². The zero-order valence-electron chi connectivity index (χ0n) is 6.89. The molecule has 0 aromatic rings. The molecular weight excluding hydrogens is 148 g/mol. The lowest BCUT2D eigenvalue weighted by molar-refractivity contribution is 0.411. The van der Waals surface area contributed by atoms with Gasteiger partial charge in [-0.3, -0.25) is 0 Å². The highest BCUT2D eigenvalue weighted by Gasteiger charge is 2.09. The molecule has 9 heavy (non-hydrogen) atoms. The maximum absolute atomic E-state index is 9.01. The summed E-state index contributed by atoms with van der Waals surface area (Å²) in [6, 6.07) is 0. The van der Waals surface area contributed by atoms with Crippen molar-refractivity contribution < 1.29 is 8.89 Å². The van der Waals surface area contributed by atoms with E-state index in [2.05, 4.69) is 19.6 Å². The Labute approximate surface area is 60.6 Å². The summed E-state index contributed by atoms with van der Waals surface area (Å²) in [6.07, 6.45) is 0. The Morgan fingerprint density at radius 2 is 1.44 bits per heavy atom. The molecule has 0 aliphatic rings. The normalized spacial score (nSPS) is 9.44. The van der Waals surface area contributed by atoms with Crippen LogP contribution in [-0.4, -0.2) is 24.8 Å². The summed E-state index contributed by atoms with van der Waals surface area (Å²) in [5.41, 5.74) is 0. The molecule has 0 fully saturated rings. The van der Waals surface area contributed by atoms with E-state index in [0.717, 1.165) is 0 Å². The Bertz CT molecular complexity index is 67.8. The van der Waals surface area contributed by atoms with Gasteiger partial charge in [0.05, 0.1) is 0 Å². The highest BCUT2D eigenvalue weighted by Crippen LogP contribution is 1.97. The number of hydrogen-bond acceptors (Lipinski definition) is 2. The van der Waals surface area contributed by atoms with E-state index in [9.17, 15) is 0 Å². The van der Waals surface area contributed by atoms with E-state index in [1.54, 1.807) is 13.7 Å². The molecule has 0 rings (SSSR count). The summed E-state index contributed by atoms with van der Waals surface area (Å²) in [7, 11) is 0.139. The van der Waals surface area contributed by atoms with Crippen molar-refractivity contribution in [3.8, 4) is 0 Å². The first kappa shape index (κ1) is 11.9. The molecule has 0 N–H and O–H groups in total. The summed E-state index contributed by atoms with van der Waals surface area (Å²) in [5.74, 6) is 0. The van der Waals surface area contributed by atoms with Gasteiger partial charge >= 0.3 is 0 Å². The van der Waals surface area contributed by atoms with Crippen LogP contribution in [0.2, 0.25) is 26.2 Å². The first-order chi connectivity index (χ1) is 3.97. The minimum absolute atomic E-state index is 0.500. The fraction of sp³-hybridized carbons (Fsp3) is 1.00. The van der Waals surface area contributed by atoms with E-state index in [-0.39, 0.29) is 0 Å². The molecule has 0 aliphatic heterocycles. The van der Waals surface area contributed by atoms with Crippen molar-refractivity contribution in [3.63, 3.8) is 0 Å². The van der Waals surface area contributed by atoms with Crippen LogP contribution in [0.15, 0.2) is 0 Å². The standard InChI is InChI=1S/C4H12OSi.CH4OSi/c1-5-6(2,3)4;1-3-2/h1-4H3;3H,1H3. The van der Waals surface area contributed by atoms with E-state index in [4.69, 9.17) is 8.89 Å². The van der Waals surface area contributed by atoms with Crippen molar-refractivity contribution in [1.82, 2.24) is 0 Å². The van der Waals surface area contributed by atoms with E-state index in [1.807, 2.05) is 0 Å². The van der Waals surface area contributed by atoms with Crippen LogP contribution >= 0.6 is 0 Å². The maximum Gasteiger partial charge on any atom is 0.257 e. The molecule has 0 heterocycles. The summed E-state index contributed by atoms with van der Waals surface area (Å²) < 4.78 is 14.1. The zero-order chi connectivity index (χ0) is 7.91. The first-order valence-corrected chi connectivity index (χ1v) is 7.96. The van der Waals surface area contributed by atoms with Crippen molar-refractivity contribution in [2.24, 2.45) is 0 Å². The van der Waals surface area contributed by atoms with Gasteiger partial charge in [-0.25, -0.2) is 0 Å². The largest absolute Gasteiger partial charge is 0.421 e. The van der Waals surface area contributed by atoms with Crippen LogP contribution in [0, 0.1) is 0 Å². The van der Waals surface area contributed by atoms with E-state index < -0.39 is 17.7 Å². The molecule has 4 heteroatoms. The van der Waals surface area contributed by atoms with Gasteiger partial charge < -0.3 is 8.89 Å². The van der Waals surface area contributed by atoms with Gasteiger partial charge in [-0.15, -0.1) is 0 Å². The quantitative estimate of drug-likeness (QED) is 0.546. The monoisotopic (exact) mass is 164 g/mol. The molecule has 0 atom stereocenters. The second-order valence-corrected chi connectivity index (χ2v) is 7.66. The van der Waals surface area contributed by atoms with Gasteiger partial charge in [0.15, 0.2) is 8.32 Å². The molecule has 0 aromatic heterocycles. The second kappa shape index (κ2) is 6.32. The average molecular weight is 164 g/mol. The molecule has 0 amide bonds. The van der Waals surface area contributed by atoms with E-state index in [1.165, 1.54) is 0 Å². The Hall–Kier alpha value is 0.194. The predicted octanol–water partition coefficient (Wildman–Crippen LogP) is 1.28. The molecule has 0 aromatic carbocycles. The summed E-state index contributed by atoms with van der Waals surface area (Å²) >= 11 is 0. The third-order valence-corrected chi connectivity index (χ3v) is 1.84. The van der Waals surface area contributed by atoms with E-state index in [0.29, 0.717) is 0 Å². The highest BCUT2D eigenvalue weighted by atomic mass is 28.4. The lowest BCUT2D eigenvalue weighted by atomic mass is 11.8. The fourth-order valence-electron chi connectivity index (χ4n) is 0. The molecule has 0 aliphatic carbocycles. The van der Waals surface area contributed by atoms with Gasteiger partial charge in [0.25, 0.3) is 9.41 Å². The van der Waals surface area contributed by atoms with Crippen LogP contribution in [0.5, 0.6) is 0 Å². The average Bonchev–Trinajstić information content (AvgIpc) is 1.67. The Balaban J connectivity index is 0. The van der Waals surface area contributed by atoms with E-state index >= 15 is 0 Å². The van der Waals surface area contributed by atoms with Gasteiger partial charge in [-0.05, 0) is 26.2 Å². The van der Waals surface area contributed by atoms with Gasteiger partial charge in [0, 0.05) is 7.11 Å². The van der Waals surface area contributed by atoms with Crippen molar-refractivity contribution in [2.75, 3.05) is 7.11 Å². The summed E-state index contributed by atoms with van der Waals surface area (Å²) in [4.78, 5) is 0. The van der Waals surface area contributed by atoms with Gasteiger partial charge in [-0.1, -0.05) is 0 Å². The Morgan fingerprint density at radius 3 is 1.44 bits per heavy atom. The molecule has 2 nitrogen and oxygen atoms in total. The van der Waals surface area contributed by atoms with Crippen molar-refractivity contribution in [2.45, 2.75) is 26.2 Å². The predicted molar refractivity (Wildman–Crippen MR) is 44.1 cm³/mol. The molecule has 56 valence electrons. The molecule has 0 radical (unpaired) electrons. The molecular formula is C5H16O2Si2.